The molecule has 6 nitrogen and oxygen atoms in total. The largest absolute Gasteiger partial charge is 0.360 e. The Bertz CT molecular complexity index is 1050. The van der Waals surface area contributed by atoms with Crippen LogP contribution in [0.15, 0.2) is 60.8 Å². The molecular weight excluding hydrogens is 376 g/mol. The van der Waals surface area contributed by atoms with Gasteiger partial charge in [-0.2, -0.15) is 0 Å². The molecule has 0 unspecified atom stereocenters. The van der Waals surface area contributed by atoms with Gasteiger partial charge in [0.05, 0.1) is 11.5 Å². The number of rotatable bonds is 4. The van der Waals surface area contributed by atoms with Crippen molar-refractivity contribution in [2.24, 2.45) is 5.92 Å². The van der Waals surface area contributed by atoms with Gasteiger partial charge in [0.15, 0.2) is 0 Å². The Labute approximate surface area is 176 Å². The van der Waals surface area contributed by atoms with Crippen molar-refractivity contribution in [3.05, 3.63) is 71.9 Å². The predicted octanol–water partition coefficient (Wildman–Crippen LogP) is 2.58. The molecule has 154 valence electrons. The van der Waals surface area contributed by atoms with Crippen molar-refractivity contribution in [2.75, 3.05) is 39.3 Å². The third kappa shape index (κ3) is 3.59. The number of fused-ring (bicyclic) bond motifs is 1. The molecule has 2 aliphatic rings. The fourth-order valence-electron chi connectivity index (χ4n) is 4.45. The highest BCUT2D eigenvalue weighted by atomic mass is 16.2. The van der Waals surface area contributed by atoms with E-state index in [-0.39, 0.29) is 17.7 Å². The van der Waals surface area contributed by atoms with Gasteiger partial charge in [-0.3, -0.25) is 14.5 Å². The SMILES string of the molecule is O=C(c1c[nH]c2ccccc12)N1CC(C(=O)N2CCN(Cc3ccccc3)CC2)C1. The number of para-hydroxylation sites is 1. The molecule has 2 saturated heterocycles. The fraction of sp³-hybridized carbons (Fsp3) is 0.333. The predicted molar refractivity (Wildman–Crippen MR) is 116 cm³/mol. The van der Waals surface area contributed by atoms with Crippen LogP contribution in [0, 0.1) is 5.92 Å². The third-order valence-corrected chi connectivity index (χ3v) is 6.27. The van der Waals surface area contributed by atoms with Crippen molar-refractivity contribution in [2.45, 2.75) is 6.54 Å². The number of aromatic nitrogens is 1. The van der Waals surface area contributed by atoms with E-state index in [4.69, 9.17) is 0 Å². The lowest BCUT2D eigenvalue weighted by atomic mass is 9.96. The normalized spacial score (nSPS) is 17.9. The molecule has 0 bridgehead atoms. The van der Waals surface area contributed by atoms with Crippen LogP contribution in [0.25, 0.3) is 10.9 Å². The molecule has 3 aromatic rings. The summed E-state index contributed by atoms with van der Waals surface area (Å²) < 4.78 is 0. The van der Waals surface area contributed by atoms with Crippen LogP contribution in [0.3, 0.4) is 0 Å². The lowest BCUT2D eigenvalue weighted by Crippen LogP contribution is -2.59. The van der Waals surface area contributed by atoms with E-state index in [2.05, 4.69) is 34.1 Å². The van der Waals surface area contributed by atoms with Gasteiger partial charge < -0.3 is 14.8 Å². The zero-order valence-electron chi connectivity index (χ0n) is 17.0. The second kappa shape index (κ2) is 7.95. The van der Waals surface area contributed by atoms with Gasteiger partial charge in [-0.15, -0.1) is 0 Å². The van der Waals surface area contributed by atoms with Gasteiger partial charge in [0.2, 0.25) is 5.91 Å². The second-order valence-corrected chi connectivity index (χ2v) is 8.24. The van der Waals surface area contributed by atoms with Gasteiger partial charge >= 0.3 is 0 Å². The molecular formula is C24H26N4O2. The quantitative estimate of drug-likeness (QED) is 0.730. The molecule has 3 heterocycles. The number of amides is 2. The van der Waals surface area contributed by atoms with Crippen LogP contribution < -0.4 is 0 Å². The number of carbonyl (C=O) groups excluding carboxylic acids is 2. The maximum absolute atomic E-state index is 12.9. The summed E-state index contributed by atoms with van der Waals surface area (Å²) in [5.74, 6) is 0.126. The summed E-state index contributed by atoms with van der Waals surface area (Å²) in [6.45, 7) is 5.27. The van der Waals surface area contributed by atoms with E-state index < -0.39 is 0 Å². The minimum Gasteiger partial charge on any atom is -0.360 e. The van der Waals surface area contributed by atoms with Gasteiger partial charge in [-0.1, -0.05) is 48.5 Å². The number of benzene rings is 2. The molecule has 2 fully saturated rings. The summed E-state index contributed by atoms with van der Waals surface area (Å²) in [6, 6.07) is 18.3. The lowest BCUT2D eigenvalue weighted by Gasteiger charge is -2.42. The zero-order valence-corrected chi connectivity index (χ0v) is 17.0. The van der Waals surface area contributed by atoms with Gasteiger partial charge in [-0.25, -0.2) is 0 Å². The number of carbonyl (C=O) groups is 2. The number of piperazine rings is 1. The highest BCUT2D eigenvalue weighted by Crippen LogP contribution is 2.25. The molecule has 0 saturated carbocycles. The minimum absolute atomic E-state index is 0.00387. The van der Waals surface area contributed by atoms with E-state index in [1.807, 2.05) is 35.2 Å². The van der Waals surface area contributed by atoms with Crippen LogP contribution in [0.4, 0.5) is 0 Å². The van der Waals surface area contributed by atoms with E-state index in [0.717, 1.165) is 43.6 Å². The van der Waals surface area contributed by atoms with Crippen molar-refractivity contribution >= 4 is 22.7 Å². The Hall–Kier alpha value is -3.12. The number of H-pyrrole nitrogens is 1. The zero-order chi connectivity index (χ0) is 20.5. The summed E-state index contributed by atoms with van der Waals surface area (Å²) in [6.07, 6.45) is 1.77. The fourth-order valence-corrected chi connectivity index (χ4v) is 4.45. The molecule has 0 radical (unpaired) electrons. The van der Waals surface area contributed by atoms with E-state index in [1.165, 1.54) is 5.56 Å². The summed E-state index contributed by atoms with van der Waals surface area (Å²) >= 11 is 0. The van der Waals surface area contributed by atoms with E-state index in [1.54, 1.807) is 11.1 Å². The van der Waals surface area contributed by atoms with Gasteiger partial charge in [0.25, 0.3) is 5.91 Å². The molecule has 1 N–H and O–H groups in total. The van der Waals surface area contributed by atoms with Crippen LogP contribution in [-0.4, -0.2) is 70.8 Å². The van der Waals surface area contributed by atoms with Crippen LogP contribution in [0.2, 0.25) is 0 Å². The van der Waals surface area contributed by atoms with Crippen molar-refractivity contribution in [3.8, 4) is 0 Å². The van der Waals surface area contributed by atoms with Gasteiger partial charge in [0.1, 0.15) is 0 Å². The van der Waals surface area contributed by atoms with Crippen molar-refractivity contribution in [1.82, 2.24) is 19.7 Å². The van der Waals surface area contributed by atoms with Crippen LogP contribution >= 0.6 is 0 Å². The molecule has 0 spiro atoms. The first-order valence-electron chi connectivity index (χ1n) is 10.6. The molecule has 30 heavy (non-hydrogen) atoms. The van der Waals surface area contributed by atoms with Crippen molar-refractivity contribution < 1.29 is 9.59 Å². The van der Waals surface area contributed by atoms with Gasteiger partial charge in [-0.05, 0) is 11.6 Å². The van der Waals surface area contributed by atoms with Crippen molar-refractivity contribution in [1.29, 1.82) is 0 Å². The molecule has 6 heteroatoms. The first kappa shape index (κ1) is 18.9. The summed E-state index contributed by atoms with van der Waals surface area (Å²) in [5.41, 5.74) is 2.95. The maximum Gasteiger partial charge on any atom is 0.256 e. The van der Waals surface area contributed by atoms with Crippen LogP contribution in [0.1, 0.15) is 15.9 Å². The number of aromatic amines is 1. The monoisotopic (exact) mass is 402 g/mol. The molecule has 5 rings (SSSR count). The van der Waals surface area contributed by atoms with E-state index in [9.17, 15) is 9.59 Å². The summed E-state index contributed by atoms with van der Waals surface area (Å²) in [5, 5.41) is 0.937. The Balaban J connectivity index is 1.12. The first-order chi connectivity index (χ1) is 14.7. The highest BCUT2D eigenvalue weighted by molar-refractivity contribution is 6.07. The molecule has 1 aromatic heterocycles. The smallest absolute Gasteiger partial charge is 0.256 e. The van der Waals surface area contributed by atoms with E-state index >= 15 is 0 Å². The first-order valence-corrected chi connectivity index (χ1v) is 10.6. The third-order valence-electron chi connectivity index (χ3n) is 6.27. The van der Waals surface area contributed by atoms with Crippen molar-refractivity contribution in [3.63, 3.8) is 0 Å². The topological polar surface area (TPSA) is 59.7 Å². The van der Waals surface area contributed by atoms with Gasteiger partial charge in [0, 0.05) is 62.9 Å². The molecule has 0 aliphatic carbocycles. The minimum atomic E-state index is -0.0696. The summed E-state index contributed by atoms with van der Waals surface area (Å²) in [4.78, 5) is 35.0. The number of likely N-dealkylation sites (tertiary alicyclic amines) is 1. The standard InChI is InChI=1S/C24H26N4O2/c29-23(27-12-10-26(11-13-27)15-18-6-2-1-3-7-18)19-16-28(17-19)24(30)21-14-25-22-9-5-4-8-20(21)22/h1-9,14,19,25H,10-13,15-17H2. The Morgan fingerprint density at radius 1 is 0.867 bits per heavy atom. The molecule has 2 aromatic carbocycles. The molecule has 2 aliphatic heterocycles. The highest BCUT2D eigenvalue weighted by Gasteiger charge is 2.39. The van der Waals surface area contributed by atoms with Crippen LogP contribution in [0.5, 0.6) is 0 Å². The Morgan fingerprint density at radius 2 is 1.57 bits per heavy atom. The Morgan fingerprint density at radius 3 is 2.33 bits per heavy atom. The molecule has 0 atom stereocenters. The van der Waals surface area contributed by atoms with Crippen LogP contribution in [-0.2, 0) is 11.3 Å². The molecule has 2 amide bonds. The number of hydrogen-bond acceptors (Lipinski definition) is 3. The summed E-state index contributed by atoms with van der Waals surface area (Å²) in [7, 11) is 0. The Kier molecular flexibility index (Phi) is 5.01. The number of nitrogens with one attached hydrogen (secondary N) is 1. The average molecular weight is 402 g/mol. The number of nitrogens with zero attached hydrogens (tertiary/aromatic N) is 3. The van der Waals surface area contributed by atoms with E-state index in [0.29, 0.717) is 18.7 Å². The second-order valence-electron chi connectivity index (χ2n) is 8.24. The number of hydrogen-bond donors (Lipinski definition) is 1. The lowest BCUT2D eigenvalue weighted by molar-refractivity contribution is -0.141. The maximum atomic E-state index is 12.9. The average Bonchev–Trinajstić information content (AvgIpc) is 3.18.